The van der Waals surface area contributed by atoms with Gasteiger partial charge >= 0.3 is 0 Å². The highest BCUT2D eigenvalue weighted by molar-refractivity contribution is 7.18. The number of nitrogens with two attached hydrogens (primary N) is 2. The largest absolute Gasteiger partial charge is 0.495 e. The zero-order valence-electron chi connectivity index (χ0n) is 25.5. The molecule has 0 radical (unpaired) electrons. The highest BCUT2D eigenvalue weighted by atomic mass is 32.1. The number of ether oxygens (including phenoxy) is 1. The average Bonchev–Trinajstić information content (AvgIpc) is 3.65. The van der Waals surface area contributed by atoms with Crippen molar-refractivity contribution in [2.75, 3.05) is 57.4 Å². The van der Waals surface area contributed by atoms with Gasteiger partial charge in [-0.3, -0.25) is 14.5 Å². The van der Waals surface area contributed by atoms with Crippen LogP contribution in [0.4, 0.5) is 11.5 Å². The quantitative estimate of drug-likeness (QED) is 0.204. The Balaban J connectivity index is 1.18. The zero-order chi connectivity index (χ0) is 31.5. The topological polar surface area (TPSA) is 132 Å². The number of aromatic nitrogens is 2. The minimum Gasteiger partial charge on any atom is -0.495 e. The van der Waals surface area contributed by atoms with Gasteiger partial charge in [0.1, 0.15) is 17.3 Å². The van der Waals surface area contributed by atoms with Gasteiger partial charge in [0.15, 0.2) is 0 Å². The van der Waals surface area contributed by atoms with Crippen LogP contribution in [-0.2, 0) is 11.8 Å². The van der Waals surface area contributed by atoms with E-state index in [1.165, 1.54) is 0 Å². The number of aryl methyl sites for hydroxylation is 1. The van der Waals surface area contributed by atoms with Crippen LogP contribution in [0.2, 0.25) is 0 Å². The molecular weight excluding hydrogens is 586 g/mol. The number of primary amides is 1. The van der Waals surface area contributed by atoms with E-state index in [0.717, 1.165) is 76.9 Å². The number of carbonyl (C=O) groups excluding carboxylic acids is 2. The Hall–Kier alpha value is -4.71. The number of nitrogens with one attached hydrogen (secondary N) is 1. The number of para-hydroxylation sites is 1. The highest BCUT2D eigenvalue weighted by Crippen LogP contribution is 2.41. The number of methoxy groups -OCH3 is 1. The average molecular weight is 624 g/mol. The molecule has 11 heteroatoms. The van der Waals surface area contributed by atoms with E-state index in [0.29, 0.717) is 29.4 Å². The second-order valence-corrected chi connectivity index (χ2v) is 12.1. The zero-order valence-corrected chi connectivity index (χ0v) is 26.3. The van der Waals surface area contributed by atoms with Gasteiger partial charge in [-0.1, -0.05) is 36.4 Å². The number of rotatable bonds is 10. The monoisotopic (exact) mass is 623 g/mol. The second-order valence-electron chi connectivity index (χ2n) is 11.2. The van der Waals surface area contributed by atoms with Crippen molar-refractivity contribution in [2.45, 2.75) is 6.42 Å². The van der Waals surface area contributed by atoms with Crippen LogP contribution in [-0.4, -0.2) is 77.5 Å². The molecular formula is C34H37N7O3S. The number of piperazine rings is 1. The summed E-state index contributed by atoms with van der Waals surface area (Å²) < 4.78 is 8.67. The molecule has 6 rings (SSSR count). The maximum Gasteiger partial charge on any atom is 0.272 e. The SMILES string of the molecule is COc1cc(-c2csc3c(C=CCN4CCN(CCC(N)=O)CC4)cnc(N)c23)ccc1NC(=O)c1cc2ccccc2n1C. The van der Waals surface area contributed by atoms with Crippen molar-refractivity contribution in [3.8, 4) is 16.9 Å². The summed E-state index contributed by atoms with van der Waals surface area (Å²) in [7, 11) is 3.48. The molecule has 1 aliphatic rings. The first-order valence-corrected chi connectivity index (χ1v) is 15.8. The Morgan fingerprint density at radius 1 is 1.09 bits per heavy atom. The van der Waals surface area contributed by atoms with Crippen LogP contribution in [0.5, 0.6) is 5.75 Å². The minimum absolute atomic E-state index is 0.212. The molecule has 1 aliphatic heterocycles. The fourth-order valence-corrected chi connectivity index (χ4v) is 6.94. The Labute approximate surface area is 265 Å². The number of pyridine rings is 1. The number of hydrogen-bond donors (Lipinski definition) is 3. The van der Waals surface area contributed by atoms with Crippen LogP contribution in [0.25, 0.3) is 38.2 Å². The van der Waals surface area contributed by atoms with E-state index in [1.807, 2.05) is 66.3 Å². The molecule has 5 aromatic rings. The third-order valence-electron chi connectivity index (χ3n) is 8.40. The fourth-order valence-electron chi connectivity index (χ4n) is 5.87. The molecule has 2 amide bonds. The summed E-state index contributed by atoms with van der Waals surface area (Å²) in [5.74, 6) is 0.558. The summed E-state index contributed by atoms with van der Waals surface area (Å²) >= 11 is 1.63. The minimum atomic E-state index is -0.252. The third kappa shape index (κ3) is 6.41. The number of nitrogen functional groups attached to an aromatic ring is 1. The molecule has 4 heterocycles. The third-order valence-corrected chi connectivity index (χ3v) is 9.43. The normalized spacial score (nSPS) is 14.4. The first-order chi connectivity index (χ1) is 21.8. The number of thiophene rings is 1. The van der Waals surface area contributed by atoms with Gasteiger partial charge in [0.2, 0.25) is 5.91 Å². The Morgan fingerprint density at radius 2 is 1.87 bits per heavy atom. The number of anilines is 2. The molecule has 0 unspecified atom stereocenters. The van der Waals surface area contributed by atoms with Gasteiger partial charge in [0.25, 0.3) is 5.91 Å². The first-order valence-electron chi connectivity index (χ1n) is 14.9. The van der Waals surface area contributed by atoms with E-state index in [2.05, 4.69) is 37.6 Å². The van der Waals surface area contributed by atoms with Gasteiger partial charge < -0.3 is 31.0 Å². The Bertz CT molecular complexity index is 1900. The fraction of sp³-hybridized carbons (Fsp3) is 0.265. The van der Waals surface area contributed by atoms with E-state index in [-0.39, 0.29) is 11.8 Å². The summed E-state index contributed by atoms with van der Waals surface area (Å²) in [6.45, 7) is 5.31. The van der Waals surface area contributed by atoms with Gasteiger partial charge in [-0.2, -0.15) is 0 Å². The number of amides is 2. The van der Waals surface area contributed by atoms with Crippen molar-refractivity contribution in [1.82, 2.24) is 19.4 Å². The van der Waals surface area contributed by atoms with Crippen molar-refractivity contribution >= 4 is 61.7 Å². The maximum absolute atomic E-state index is 13.3. The van der Waals surface area contributed by atoms with E-state index < -0.39 is 0 Å². The predicted molar refractivity (Wildman–Crippen MR) is 183 cm³/mol. The lowest BCUT2D eigenvalue weighted by molar-refractivity contribution is -0.118. The smallest absolute Gasteiger partial charge is 0.272 e. The van der Waals surface area contributed by atoms with Gasteiger partial charge in [-0.05, 0) is 35.2 Å². The molecule has 1 fully saturated rings. The number of hydrogen-bond acceptors (Lipinski definition) is 8. The van der Waals surface area contributed by atoms with Gasteiger partial charge in [-0.15, -0.1) is 11.3 Å². The first kappa shape index (κ1) is 30.3. The number of carbonyl (C=O) groups is 2. The molecule has 0 bridgehead atoms. The molecule has 45 heavy (non-hydrogen) atoms. The second kappa shape index (κ2) is 13.1. The van der Waals surface area contributed by atoms with Crippen molar-refractivity contribution < 1.29 is 14.3 Å². The van der Waals surface area contributed by atoms with E-state index >= 15 is 0 Å². The lowest BCUT2D eigenvalue weighted by Gasteiger charge is -2.33. The highest BCUT2D eigenvalue weighted by Gasteiger charge is 2.19. The van der Waals surface area contributed by atoms with Crippen LogP contribution in [0.15, 0.2) is 66.2 Å². The number of nitrogens with zero attached hydrogens (tertiary/aromatic N) is 4. The molecule has 232 valence electrons. The van der Waals surface area contributed by atoms with Gasteiger partial charge in [0.05, 0.1) is 12.8 Å². The maximum atomic E-state index is 13.3. The number of fused-ring (bicyclic) bond motifs is 2. The molecule has 0 aliphatic carbocycles. The summed E-state index contributed by atoms with van der Waals surface area (Å²) in [5, 5.41) is 7.02. The van der Waals surface area contributed by atoms with Crippen LogP contribution < -0.4 is 21.5 Å². The van der Waals surface area contributed by atoms with Crippen LogP contribution >= 0.6 is 11.3 Å². The standard InChI is InChI=1S/C34H37N7O3S/c1-39-27-8-4-3-6-23(27)18-28(39)34(43)38-26-10-9-22(19-29(26)44-2)25-21-45-32-24(20-37-33(36)31(25)32)7-5-12-40-14-16-41(17-15-40)13-11-30(35)42/h3-10,18-21H,11-17H2,1-2H3,(H2,35,42)(H2,36,37)(H,38,43). The van der Waals surface area contributed by atoms with Crippen LogP contribution in [0.3, 0.4) is 0 Å². The van der Waals surface area contributed by atoms with E-state index in [9.17, 15) is 9.59 Å². The molecule has 2 aromatic carbocycles. The van der Waals surface area contributed by atoms with E-state index in [1.54, 1.807) is 18.4 Å². The predicted octanol–water partition coefficient (Wildman–Crippen LogP) is 4.80. The lowest BCUT2D eigenvalue weighted by Crippen LogP contribution is -2.46. The molecule has 5 N–H and O–H groups in total. The molecule has 1 saturated heterocycles. The molecule has 10 nitrogen and oxygen atoms in total. The number of benzene rings is 2. The lowest BCUT2D eigenvalue weighted by atomic mass is 10.0. The molecule has 0 spiro atoms. The molecule has 3 aromatic heterocycles. The van der Waals surface area contributed by atoms with Crippen molar-refractivity contribution in [2.24, 2.45) is 12.8 Å². The Morgan fingerprint density at radius 3 is 2.62 bits per heavy atom. The molecule has 0 atom stereocenters. The summed E-state index contributed by atoms with van der Waals surface area (Å²) in [6, 6.07) is 15.5. The van der Waals surface area contributed by atoms with E-state index in [4.69, 9.17) is 16.2 Å². The van der Waals surface area contributed by atoms with Crippen LogP contribution in [0, 0.1) is 0 Å². The molecule has 0 saturated carbocycles. The van der Waals surface area contributed by atoms with Crippen molar-refractivity contribution in [3.63, 3.8) is 0 Å². The Kier molecular flexibility index (Phi) is 8.83. The van der Waals surface area contributed by atoms with Gasteiger partial charge in [-0.25, -0.2) is 4.98 Å². The summed E-state index contributed by atoms with van der Waals surface area (Å²) in [5.41, 5.74) is 16.8. The van der Waals surface area contributed by atoms with Crippen molar-refractivity contribution in [3.05, 3.63) is 77.4 Å². The van der Waals surface area contributed by atoms with Crippen LogP contribution in [0.1, 0.15) is 22.5 Å². The van der Waals surface area contributed by atoms with Crippen molar-refractivity contribution in [1.29, 1.82) is 0 Å². The summed E-state index contributed by atoms with van der Waals surface area (Å²) in [4.78, 5) is 33.5. The van der Waals surface area contributed by atoms with Gasteiger partial charge in [0, 0.05) is 91.0 Å². The summed E-state index contributed by atoms with van der Waals surface area (Å²) in [6.07, 6.45) is 6.51.